The van der Waals surface area contributed by atoms with E-state index in [1.54, 1.807) is 19.1 Å². The van der Waals surface area contributed by atoms with Crippen molar-refractivity contribution in [1.29, 1.82) is 0 Å². The molecule has 104 valence electrons. The average Bonchev–Trinajstić information content (AvgIpc) is 2.33. The zero-order valence-corrected chi connectivity index (χ0v) is 10.2. The molecular formula is C13H13F4NO. The van der Waals surface area contributed by atoms with Crippen LogP contribution in [0.3, 0.4) is 0 Å². The van der Waals surface area contributed by atoms with E-state index in [0.29, 0.717) is 12.5 Å². The highest BCUT2D eigenvalue weighted by molar-refractivity contribution is 5.94. The van der Waals surface area contributed by atoms with Gasteiger partial charge in [0, 0.05) is 6.54 Å². The number of benzene rings is 1. The van der Waals surface area contributed by atoms with Crippen molar-refractivity contribution >= 4 is 5.91 Å². The van der Waals surface area contributed by atoms with Gasteiger partial charge in [-0.05, 0) is 25.5 Å². The Kier molecular flexibility index (Phi) is 5.09. The quantitative estimate of drug-likeness (QED) is 0.508. The highest BCUT2D eigenvalue weighted by atomic mass is 19.4. The molecule has 0 radical (unpaired) electrons. The summed E-state index contributed by atoms with van der Waals surface area (Å²) in [6.07, 6.45) is -0.728. The van der Waals surface area contributed by atoms with Crippen LogP contribution in [0, 0.1) is 5.82 Å². The lowest BCUT2D eigenvalue weighted by Gasteiger charge is -2.11. The fourth-order valence-corrected chi connectivity index (χ4v) is 1.46. The van der Waals surface area contributed by atoms with Crippen LogP contribution in [0.15, 0.2) is 30.4 Å². The molecule has 1 amide bonds. The minimum Gasteiger partial charge on any atom is -0.352 e. The number of allylic oxidation sites excluding steroid dienone is 1. The molecule has 0 aliphatic heterocycles. The van der Waals surface area contributed by atoms with Crippen LogP contribution in [0.5, 0.6) is 0 Å². The van der Waals surface area contributed by atoms with Crippen molar-refractivity contribution in [2.45, 2.75) is 19.5 Å². The molecule has 0 saturated carbocycles. The Morgan fingerprint density at radius 1 is 1.37 bits per heavy atom. The van der Waals surface area contributed by atoms with Gasteiger partial charge in [-0.25, -0.2) is 4.39 Å². The third-order valence-corrected chi connectivity index (χ3v) is 2.38. The lowest BCUT2D eigenvalue weighted by Crippen LogP contribution is -2.26. The third-order valence-electron chi connectivity index (χ3n) is 2.38. The monoisotopic (exact) mass is 275 g/mol. The van der Waals surface area contributed by atoms with E-state index in [1.807, 2.05) is 0 Å². The fraction of sp³-hybridized carbons (Fsp3) is 0.308. The first-order valence-corrected chi connectivity index (χ1v) is 5.63. The van der Waals surface area contributed by atoms with Crippen LogP contribution >= 0.6 is 0 Å². The topological polar surface area (TPSA) is 29.1 Å². The molecular weight excluding hydrogens is 262 g/mol. The first-order valence-electron chi connectivity index (χ1n) is 5.63. The van der Waals surface area contributed by atoms with Gasteiger partial charge >= 0.3 is 6.18 Å². The predicted octanol–water partition coefficient (Wildman–Crippen LogP) is 3.54. The molecule has 0 bridgehead atoms. The van der Waals surface area contributed by atoms with Crippen LogP contribution in [0.2, 0.25) is 0 Å². The molecule has 19 heavy (non-hydrogen) atoms. The maximum Gasteiger partial charge on any atom is 0.419 e. The first kappa shape index (κ1) is 15.2. The summed E-state index contributed by atoms with van der Waals surface area (Å²) in [6.45, 7) is 2.03. The Morgan fingerprint density at radius 2 is 2.05 bits per heavy atom. The summed E-state index contributed by atoms with van der Waals surface area (Å²) < 4.78 is 51.0. The van der Waals surface area contributed by atoms with Crippen molar-refractivity contribution in [2.24, 2.45) is 0 Å². The first-order chi connectivity index (χ1) is 8.88. The number of hydrogen-bond acceptors (Lipinski definition) is 1. The SMILES string of the molecule is C/C=C/CCNC(=O)c1cccc(C(F)(F)F)c1F. The zero-order chi connectivity index (χ0) is 14.5. The van der Waals surface area contributed by atoms with E-state index >= 15 is 0 Å². The molecule has 0 saturated heterocycles. The molecule has 1 aromatic carbocycles. The molecule has 0 unspecified atom stereocenters. The molecule has 2 nitrogen and oxygen atoms in total. The number of carbonyl (C=O) groups excluding carboxylic acids is 1. The zero-order valence-electron chi connectivity index (χ0n) is 10.2. The lowest BCUT2D eigenvalue weighted by molar-refractivity contribution is -0.140. The van der Waals surface area contributed by atoms with Crippen LogP contribution in [0.1, 0.15) is 29.3 Å². The molecule has 1 rings (SSSR count). The number of halogens is 4. The van der Waals surface area contributed by atoms with E-state index in [1.165, 1.54) is 0 Å². The van der Waals surface area contributed by atoms with Gasteiger partial charge in [0.15, 0.2) is 0 Å². The fourth-order valence-electron chi connectivity index (χ4n) is 1.46. The molecule has 0 atom stereocenters. The summed E-state index contributed by atoms with van der Waals surface area (Å²) in [7, 11) is 0. The molecule has 0 aliphatic carbocycles. The van der Waals surface area contributed by atoms with Crippen LogP contribution in [-0.2, 0) is 6.18 Å². The second kappa shape index (κ2) is 6.36. The van der Waals surface area contributed by atoms with Gasteiger partial charge in [0.2, 0.25) is 0 Å². The van der Waals surface area contributed by atoms with Crippen LogP contribution < -0.4 is 5.32 Å². The van der Waals surface area contributed by atoms with Crippen molar-refractivity contribution in [1.82, 2.24) is 5.32 Å². The van der Waals surface area contributed by atoms with Crippen LogP contribution in [0.4, 0.5) is 17.6 Å². The maximum atomic E-state index is 13.6. The molecule has 0 aliphatic rings. The molecule has 0 aromatic heterocycles. The second-order valence-electron chi connectivity index (χ2n) is 3.78. The van der Waals surface area contributed by atoms with Gasteiger partial charge in [-0.2, -0.15) is 13.2 Å². The summed E-state index contributed by atoms with van der Waals surface area (Å²) in [5.74, 6) is -2.40. The van der Waals surface area contributed by atoms with Gasteiger partial charge in [0.05, 0.1) is 11.1 Å². The molecule has 0 heterocycles. The largest absolute Gasteiger partial charge is 0.419 e. The van der Waals surface area contributed by atoms with E-state index in [-0.39, 0.29) is 6.54 Å². The smallest absolute Gasteiger partial charge is 0.352 e. The van der Waals surface area contributed by atoms with E-state index in [2.05, 4.69) is 5.32 Å². The maximum absolute atomic E-state index is 13.6. The Morgan fingerprint density at radius 3 is 2.63 bits per heavy atom. The highest BCUT2D eigenvalue weighted by Gasteiger charge is 2.35. The minimum atomic E-state index is -4.81. The van der Waals surface area contributed by atoms with E-state index in [0.717, 1.165) is 12.1 Å². The molecule has 1 N–H and O–H groups in total. The van der Waals surface area contributed by atoms with Gasteiger partial charge in [-0.3, -0.25) is 4.79 Å². The summed E-state index contributed by atoms with van der Waals surface area (Å²) >= 11 is 0. The van der Waals surface area contributed by atoms with Crippen LogP contribution in [-0.4, -0.2) is 12.5 Å². The van der Waals surface area contributed by atoms with Gasteiger partial charge < -0.3 is 5.32 Å². The number of alkyl halides is 3. The Balaban J connectivity index is 2.87. The van der Waals surface area contributed by atoms with E-state index in [4.69, 9.17) is 0 Å². The summed E-state index contributed by atoms with van der Waals surface area (Å²) in [5, 5.41) is 2.36. The van der Waals surface area contributed by atoms with Gasteiger partial charge in [-0.1, -0.05) is 18.2 Å². The Bertz CT molecular complexity index is 480. The molecule has 0 spiro atoms. The summed E-state index contributed by atoms with van der Waals surface area (Å²) in [5.41, 5.74) is -2.04. The van der Waals surface area contributed by atoms with Crippen LogP contribution in [0.25, 0.3) is 0 Å². The highest BCUT2D eigenvalue weighted by Crippen LogP contribution is 2.32. The summed E-state index contributed by atoms with van der Waals surface area (Å²) in [4.78, 5) is 11.6. The van der Waals surface area contributed by atoms with Crippen molar-refractivity contribution in [3.05, 3.63) is 47.3 Å². The lowest BCUT2D eigenvalue weighted by atomic mass is 10.1. The number of nitrogens with one attached hydrogen (secondary N) is 1. The average molecular weight is 275 g/mol. The minimum absolute atomic E-state index is 0.235. The predicted molar refractivity (Wildman–Crippen MR) is 63.2 cm³/mol. The van der Waals surface area contributed by atoms with Crippen molar-refractivity contribution < 1.29 is 22.4 Å². The Hall–Kier alpha value is -1.85. The van der Waals surface area contributed by atoms with Crippen molar-refractivity contribution in [3.8, 4) is 0 Å². The molecule has 6 heteroatoms. The van der Waals surface area contributed by atoms with Gasteiger partial charge in [0.25, 0.3) is 5.91 Å². The van der Waals surface area contributed by atoms with Crippen molar-refractivity contribution in [2.75, 3.05) is 6.54 Å². The summed E-state index contributed by atoms with van der Waals surface area (Å²) in [6, 6.07) is 2.63. The van der Waals surface area contributed by atoms with Gasteiger partial charge in [-0.15, -0.1) is 0 Å². The number of rotatable bonds is 4. The number of amides is 1. The normalized spacial score (nSPS) is 11.8. The standard InChI is InChI=1S/C13H13F4NO/c1-2-3-4-8-18-12(19)9-6-5-7-10(11(9)14)13(15,16)17/h2-3,5-7H,4,8H2,1H3,(H,18,19)/b3-2+. The third kappa shape index (κ3) is 4.08. The molecule has 1 aromatic rings. The number of carbonyl (C=O) groups is 1. The second-order valence-corrected chi connectivity index (χ2v) is 3.78. The van der Waals surface area contributed by atoms with Gasteiger partial charge in [0.1, 0.15) is 5.82 Å². The van der Waals surface area contributed by atoms with E-state index < -0.39 is 29.0 Å². The molecule has 0 fully saturated rings. The number of hydrogen-bond donors (Lipinski definition) is 1. The van der Waals surface area contributed by atoms with E-state index in [9.17, 15) is 22.4 Å². The Labute approximate surface area is 108 Å². The van der Waals surface area contributed by atoms with Crippen molar-refractivity contribution in [3.63, 3.8) is 0 Å².